The number of pyridine rings is 1. The van der Waals surface area contributed by atoms with Gasteiger partial charge in [-0.2, -0.15) is 0 Å². The lowest BCUT2D eigenvalue weighted by Gasteiger charge is -2.18. The van der Waals surface area contributed by atoms with Crippen molar-refractivity contribution < 1.29 is 4.74 Å². The molecule has 0 aliphatic carbocycles. The van der Waals surface area contributed by atoms with Crippen LogP contribution in [0.1, 0.15) is 39.3 Å². The van der Waals surface area contributed by atoms with Gasteiger partial charge in [-0.1, -0.05) is 33.3 Å². The summed E-state index contributed by atoms with van der Waals surface area (Å²) in [5.74, 6) is 0.691. The molecule has 1 N–H and O–H groups in total. The fraction of sp³-hybridized carbons (Fsp3) is 0.688. The molecule has 108 valence electrons. The largest absolute Gasteiger partial charge is 0.376 e. The van der Waals surface area contributed by atoms with Gasteiger partial charge in [-0.15, -0.1) is 0 Å². The minimum atomic E-state index is 0.326. The Kier molecular flexibility index (Phi) is 8.43. The first kappa shape index (κ1) is 16.1. The zero-order chi connectivity index (χ0) is 13.9. The van der Waals surface area contributed by atoms with E-state index in [1.54, 1.807) is 0 Å². The van der Waals surface area contributed by atoms with E-state index in [4.69, 9.17) is 4.74 Å². The van der Waals surface area contributed by atoms with Crippen LogP contribution in [0.4, 0.5) is 0 Å². The van der Waals surface area contributed by atoms with Crippen molar-refractivity contribution in [3.63, 3.8) is 0 Å². The molecule has 3 heteroatoms. The van der Waals surface area contributed by atoms with Crippen LogP contribution in [-0.4, -0.2) is 30.8 Å². The van der Waals surface area contributed by atoms with Crippen molar-refractivity contribution in [1.82, 2.24) is 10.3 Å². The van der Waals surface area contributed by atoms with Gasteiger partial charge in [-0.3, -0.25) is 4.98 Å². The summed E-state index contributed by atoms with van der Waals surface area (Å²) in [6.45, 7) is 9.42. The van der Waals surface area contributed by atoms with Crippen LogP contribution >= 0.6 is 0 Å². The summed E-state index contributed by atoms with van der Waals surface area (Å²) in [4.78, 5) is 4.31. The smallest absolute Gasteiger partial charge is 0.0699 e. The van der Waals surface area contributed by atoms with Crippen LogP contribution in [0.3, 0.4) is 0 Å². The van der Waals surface area contributed by atoms with Crippen LogP contribution in [0.25, 0.3) is 0 Å². The zero-order valence-electron chi connectivity index (χ0n) is 12.6. The highest BCUT2D eigenvalue weighted by atomic mass is 16.5. The predicted molar refractivity (Wildman–Crippen MR) is 80.3 cm³/mol. The van der Waals surface area contributed by atoms with Gasteiger partial charge >= 0.3 is 0 Å². The Bertz CT molecular complexity index is 314. The Morgan fingerprint density at radius 1 is 1.26 bits per heavy atom. The first-order chi connectivity index (χ1) is 9.22. The van der Waals surface area contributed by atoms with Gasteiger partial charge in [-0.25, -0.2) is 0 Å². The molecule has 19 heavy (non-hydrogen) atoms. The average molecular weight is 264 g/mol. The SMILES string of the molecule is CCCC(CNCC(C)C)OCCc1ccccn1. The summed E-state index contributed by atoms with van der Waals surface area (Å²) < 4.78 is 5.97. The van der Waals surface area contributed by atoms with E-state index in [0.29, 0.717) is 12.0 Å². The number of ether oxygens (including phenoxy) is 1. The highest BCUT2D eigenvalue weighted by molar-refractivity contribution is 5.03. The van der Waals surface area contributed by atoms with Gasteiger partial charge in [0.05, 0.1) is 12.7 Å². The topological polar surface area (TPSA) is 34.1 Å². The van der Waals surface area contributed by atoms with Gasteiger partial charge < -0.3 is 10.1 Å². The van der Waals surface area contributed by atoms with Crippen molar-refractivity contribution in [2.75, 3.05) is 19.7 Å². The van der Waals surface area contributed by atoms with E-state index >= 15 is 0 Å². The molecule has 0 radical (unpaired) electrons. The van der Waals surface area contributed by atoms with E-state index in [1.165, 1.54) is 0 Å². The molecule has 0 fully saturated rings. The lowest BCUT2D eigenvalue weighted by atomic mass is 10.2. The Morgan fingerprint density at radius 3 is 2.74 bits per heavy atom. The molecule has 0 amide bonds. The molecule has 0 saturated carbocycles. The second-order valence-corrected chi connectivity index (χ2v) is 5.40. The zero-order valence-corrected chi connectivity index (χ0v) is 12.6. The average Bonchev–Trinajstić information content (AvgIpc) is 2.39. The monoisotopic (exact) mass is 264 g/mol. The molecule has 1 aromatic rings. The molecular weight excluding hydrogens is 236 g/mol. The molecule has 0 spiro atoms. The van der Waals surface area contributed by atoms with Crippen LogP contribution < -0.4 is 5.32 Å². The van der Waals surface area contributed by atoms with Gasteiger partial charge in [0, 0.05) is 24.9 Å². The van der Waals surface area contributed by atoms with Gasteiger partial charge in [0.2, 0.25) is 0 Å². The molecule has 0 aliphatic rings. The summed E-state index contributed by atoms with van der Waals surface area (Å²) in [6.07, 6.45) is 5.34. The molecule has 0 saturated heterocycles. The van der Waals surface area contributed by atoms with E-state index in [9.17, 15) is 0 Å². The maximum atomic E-state index is 5.97. The van der Waals surface area contributed by atoms with Crippen LogP contribution in [-0.2, 0) is 11.2 Å². The third-order valence-corrected chi connectivity index (χ3v) is 2.97. The normalized spacial score (nSPS) is 12.8. The fourth-order valence-corrected chi connectivity index (χ4v) is 1.98. The van der Waals surface area contributed by atoms with E-state index in [0.717, 1.165) is 44.7 Å². The Hall–Kier alpha value is -0.930. The van der Waals surface area contributed by atoms with Crippen molar-refractivity contribution in [1.29, 1.82) is 0 Å². The molecule has 0 aromatic carbocycles. The molecule has 0 aliphatic heterocycles. The first-order valence-corrected chi connectivity index (χ1v) is 7.44. The third kappa shape index (κ3) is 7.96. The summed E-state index contributed by atoms with van der Waals surface area (Å²) in [6, 6.07) is 6.02. The fourth-order valence-electron chi connectivity index (χ4n) is 1.98. The Labute approximate surface area is 117 Å². The Balaban J connectivity index is 2.21. The maximum Gasteiger partial charge on any atom is 0.0699 e. The third-order valence-electron chi connectivity index (χ3n) is 2.97. The van der Waals surface area contributed by atoms with Gasteiger partial charge in [-0.05, 0) is 31.0 Å². The molecule has 1 rings (SSSR count). The summed E-state index contributed by atoms with van der Waals surface area (Å²) in [5, 5.41) is 3.48. The van der Waals surface area contributed by atoms with Gasteiger partial charge in [0.25, 0.3) is 0 Å². The van der Waals surface area contributed by atoms with Crippen LogP contribution in [0.15, 0.2) is 24.4 Å². The molecule has 1 unspecified atom stereocenters. The van der Waals surface area contributed by atoms with Crippen LogP contribution in [0.2, 0.25) is 0 Å². The minimum Gasteiger partial charge on any atom is -0.376 e. The number of nitrogens with one attached hydrogen (secondary N) is 1. The lowest BCUT2D eigenvalue weighted by Crippen LogP contribution is -2.32. The number of nitrogens with zero attached hydrogens (tertiary/aromatic N) is 1. The quantitative estimate of drug-likeness (QED) is 0.705. The summed E-state index contributed by atoms with van der Waals surface area (Å²) >= 11 is 0. The molecule has 1 atom stereocenters. The Morgan fingerprint density at radius 2 is 2.11 bits per heavy atom. The van der Waals surface area contributed by atoms with Crippen molar-refractivity contribution in [2.45, 2.75) is 46.1 Å². The number of aromatic nitrogens is 1. The summed E-state index contributed by atoms with van der Waals surface area (Å²) in [5.41, 5.74) is 1.10. The standard InChI is InChI=1S/C16H28N2O/c1-4-7-16(13-17-12-14(2)3)19-11-9-15-8-5-6-10-18-15/h5-6,8,10,14,16-17H,4,7,9,11-13H2,1-3H3. The molecule has 1 heterocycles. The van der Waals surface area contributed by atoms with Crippen molar-refractivity contribution in [3.05, 3.63) is 30.1 Å². The van der Waals surface area contributed by atoms with Crippen molar-refractivity contribution in [3.8, 4) is 0 Å². The number of hydrogen-bond acceptors (Lipinski definition) is 3. The van der Waals surface area contributed by atoms with E-state index in [1.807, 2.05) is 18.3 Å². The minimum absolute atomic E-state index is 0.326. The highest BCUT2D eigenvalue weighted by Crippen LogP contribution is 2.03. The first-order valence-electron chi connectivity index (χ1n) is 7.44. The number of hydrogen-bond donors (Lipinski definition) is 1. The predicted octanol–water partition coefficient (Wildman–Crippen LogP) is 3.06. The van der Waals surface area contributed by atoms with E-state index in [-0.39, 0.29) is 0 Å². The van der Waals surface area contributed by atoms with E-state index < -0.39 is 0 Å². The van der Waals surface area contributed by atoms with Gasteiger partial charge in [0.15, 0.2) is 0 Å². The molecule has 1 aromatic heterocycles. The van der Waals surface area contributed by atoms with Gasteiger partial charge in [0.1, 0.15) is 0 Å². The highest BCUT2D eigenvalue weighted by Gasteiger charge is 2.08. The molecule has 0 bridgehead atoms. The van der Waals surface area contributed by atoms with Crippen LogP contribution in [0.5, 0.6) is 0 Å². The maximum absolute atomic E-state index is 5.97. The lowest BCUT2D eigenvalue weighted by molar-refractivity contribution is 0.0483. The molecular formula is C16H28N2O. The van der Waals surface area contributed by atoms with Crippen LogP contribution in [0, 0.1) is 5.92 Å². The molecule has 3 nitrogen and oxygen atoms in total. The second kappa shape index (κ2) is 9.93. The van der Waals surface area contributed by atoms with Crippen molar-refractivity contribution in [2.24, 2.45) is 5.92 Å². The summed E-state index contributed by atoms with van der Waals surface area (Å²) in [7, 11) is 0. The van der Waals surface area contributed by atoms with Crippen molar-refractivity contribution >= 4 is 0 Å². The van der Waals surface area contributed by atoms with E-state index in [2.05, 4.69) is 37.1 Å². The second-order valence-electron chi connectivity index (χ2n) is 5.40. The number of rotatable bonds is 10.